The number of carbonyl (C=O) groups is 2. The van der Waals surface area contributed by atoms with Crippen molar-refractivity contribution in [2.75, 3.05) is 27.7 Å². The monoisotopic (exact) mass is 566 g/mol. The van der Waals surface area contributed by atoms with Gasteiger partial charge in [0.25, 0.3) is 11.8 Å². The first-order chi connectivity index (χ1) is 17.5. The van der Waals surface area contributed by atoms with Crippen LogP contribution in [0.15, 0.2) is 47.8 Å². The molecule has 0 aliphatic carbocycles. The predicted molar refractivity (Wildman–Crippen MR) is 141 cm³/mol. The Kier molecular flexibility index (Phi) is 9.49. The third-order valence-electron chi connectivity index (χ3n) is 5.33. The van der Waals surface area contributed by atoms with E-state index >= 15 is 0 Å². The van der Waals surface area contributed by atoms with Crippen LogP contribution in [-0.4, -0.2) is 67.3 Å². The molecule has 0 aliphatic rings. The maximum Gasteiger partial charge on any atom is 0.303 e. The molecule has 0 unspecified atom stereocenters. The van der Waals surface area contributed by atoms with Crippen molar-refractivity contribution in [3.63, 3.8) is 0 Å². The fourth-order valence-corrected chi connectivity index (χ4v) is 4.84. The molecular weight excluding hydrogens is 540 g/mol. The molecule has 3 aromatic rings. The Morgan fingerprint density at radius 1 is 1.19 bits per heavy atom. The standard InChI is InChI=1S/C24H27ClN4O6S2/c1-28(2)37(33,34)27-23(31)19-15-36-21(26-19)14-29(11-7-10-16-8-5-4-6-9-16)24(32)17-12-18(25)22(30)20(13-17)35-3/h4-6,8-9,12-13,15,30H,7,10-11,14H2,1-3H3,(H,27,31). The van der Waals surface area contributed by atoms with Crippen molar-refractivity contribution in [2.24, 2.45) is 0 Å². The number of aryl methyl sites for hydroxylation is 1. The number of phenolic OH excluding ortho intramolecular Hbond substituents is 1. The molecule has 2 amide bonds. The highest BCUT2D eigenvalue weighted by Gasteiger charge is 2.23. The second kappa shape index (κ2) is 12.4. The fraction of sp³-hybridized carbons (Fsp3) is 0.292. The Hall–Kier alpha value is -3.19. The van der Waals surface area contributed by atoms with Crippen LogP contribution in [0.3, 0.4) is 0 Å². The van der Waals surface area contributed by atoms with Gasteiger partial charge in [-0.15, -0.1) is 11.3 Å². The Morgan fingerprint density at radius 2 is 1.89 bits per heavy atom. The Labute approximate surface area is 224 Å². The molecule has 0 saturated carbocycles. The molecule has 0 radical (unpaired) electrons. The summed E-state index contributed by atoms with van der Waals surface area (Å²) < 4.78 is 31.9. The number of nitrogens with zero attached hydrogens (tertiary/aromatic N) is 3. The first-order valence-electron chi connectivity index (χ1n) is 11.1. The molecular formula is C24H27ClN4O6S2. The topological polar surface area (TPSA) is 129 Å². The van der Waals surface area contributed by atoms with E-state index in [9.17, 15) is 23.1 Å². The molecule has 37 heavy (non-hydrogen) atoms. The van der Waals surface area contributed by atoms with Gasteiger partial charge in [-0.3, -0.25) is 9.59 Å². The minimum absolute atomic E-state index is 0.0257. The molecule has 0 saturated heterocycles. The van der Waals surface area contributed by atoms with E-state index in [0.29, 0.717) is 18.0 Å². The number of aromatic hydroxyl groups is 1. The third kappa shape index (κ3) is 7.41. The van der Waals surface area contributed by atoms with Crippen LogP contribution >= 0.6 is 22.9 Å². The zero-order valence-corrected chi connectivity index (χ0v) is 22.9. The lowest BCUT2D eigenvalue weighted by Crippen LogP contribution is -2.39. The summed E-state index contributed by atoms with van der Waals surface area (Å²) in [5, 5.41) is 11.9. The van der Waals surface area contributed by atoms with Gasteiger partial charge in [0, 0.05) is 31.6 Å². The summed E-state index contributed by atoms with van der Waals surface area (Å²) in [6.45, 7) is 0.442. The van der Waals surface area contributed by atoms with Gasteiger partial charge < -0.3 is 14.7 Å². The van der Waals surface area contributed by atoms with Crippen LogP contribution in [0.2, 0.25) is 5.02 Å². The number of halogens is 1. The van der Waals surface area contributed by atoms with E-state index < -0.39 is 16.1 Å². The van der Waals surface area contributed by atoms with E-state index in [1.807, 2.05) is 35.1 Å². The molecule has 1 aromatic heterocycles. The number of rotatable bonds is 11. The van der Waals surface area contributed by atoms with E-state index in [0.717, 1.165) is 27.6 Å². The summed E-state index contributed by atoms with van der Waals surface area (Å²) in [5.74, 6) is -1.44. The van der Waals surface area contributed by atoms with Gasteiger partial charge in [-0.2, -0.15) is 12.7 Å². The summed E-state index contributed by atoms with van der Waals surface area (Å²) in [4.78, 5) is 31.6. The minimum Gasteiger partial charge on any atom is -0.503 e. The van der Waals surface area contributed by atoms with Crippen molar-refractivity contribution in [2.45, 2.75) is 19.4 Å². The van der Waals surface area contributed by atoms with Gasteiger partial charge in [0.05, 0.1) is 18.7 Å². The summed E-state index contributed by atoms with van der Waals surface area (Å²) in [6.07, 6.45) is 1.39. The number of hydrogen-bond donors (Lipinski definition) is 2. The highest BCUT2D eigenvalue weighted by Crippen LogP contribution is 2.35. The number of ether oxygens (including phenoxy) is 1. The normalized spacial score (nSPS) is 11.4. The van der Waals surface area contributed by atoms with E-state index in [-0.39, 0.29) is 40.2 Å². The van der Waals surface area contributed by atoms with Crippen molar-refractivity contribution < 1.29 is 27.9 Å². The number of aromatic nitrogens is 1. The van der Waals surface area contributed by atoms with Crippen LogP contribution in [-0.2, 0) is 23.2 Å². The second-order valence-electron chi connectivity index (χ2n) is 8.17. The average molecular weight is 567 g/mol. The molecule has 0 fully saturated rings. The number of phenols is 1. The molecule has 13 heteroatoms. The SMILES string of the molecule is COc1cc(C(=O)N(CCCc2ccccc2)Cc2nc(C(=O)NS(=O)(=O)N(C)C)cs2)cc(Cl)c1O. The van der Waals surface area contributed by atoms with Gasteiger partial charge in [0.1, 0.15) is 10.7 Å². The minimum atomic E-state index is -3.97. The Bertz CT molecular complexity index is 1360. The van der Waals surface area contributed by atoms with Crippen LogP contribution in [0.5, 0.6) is 11.5 Å². The highest BCUT2D eigenvalue weighted by molar-refractivity contribution is 7.87. The summed E-state index contributed by atoms with van der Waals surface area (Å²) >= 11 is 7.23. The van der Waals surface area contributed by atoms with Crippen LogP contribution < -0.4 is 9.46 Å². The molecule has 10 nitrogen and oxygen atoms in total. The summed E-state index contributed by atoms with van der Waals surface area (Å²) in [6, 6.07) is 12.6. The van der Waals surface area contributed by atoms with Crippen molar-refractivity contribution >= 4 is 45.0 Å². The summed E-state index contributed by atoms with van der Waals surface area (Å²) in [5.41, 5.74) is 1.27. The lowest BCUT2D eigenvalue weighted by atomic mass is 10.1. The van der Waals surface area contributed by atoms with Crippen LogP contribution in [0.25, 0.3) is 0 Å². The lowest BCUT2D eigenvalue weighted by molar-refractivity contribution is 0.0740. The van der Waals surface area contributed by atoms with Crippen molar-refractivity contribution in [1.29, 1.82) is 0 Å². The number of amides is 2. The zero-order valence-electron chi connectivity index (χ0n) is 20.5. The van der Waals surface area contributed by atoms with E-state index in [1.165, 1.54) is 38.7 Å². The average Bonchev–Trinajstić information content (AvgIpc) is 3.33. The number of nitrogens with one attached hydrogen (secondary N) is 1. The molecule has 2 aromatic carbocycles. The van der Waals surface area contributed by atoms with Gasteiger partial charge in [0.15, 0.2) is 11.5 Å². The number of benzene rings is 2. The van der Waals surface area contributed by atoms with Gasteiger partial charge in [0.2, 0.25) is 0 Å². The molecule has 2 N–H and O–H groups in total. The van der Waals surface area contributed by atoms with E-state index in [4.69, 9.17) is 16.3 Å². The van der Waals surface area contributed by atoms with E-state index in [2.05, 4.69) is 4.98 Å². The largest absolute Gasteiger partial charge is 0.503 e. The molecule has 0 atom stereocenters. The number of methoxy groups -OCH3 is 1. The number of hydrogen-bond acceptors (Lipinski definition) is 8. The lowest BCUT2D eigenvalue weighted by Gasteiger charge is -2.22. The number of carbonyl (C=O) groups excluding carboxylic acids is 2. The van der Waals surface area contributed by atoms with Crippen LogP contribution in [0.1, 0.15) is 37.8 Å². The fourth-order valence-electron chi connectivity index (χ4n) is 3.32. The zero-order chi connectivity index (χ0) is 27.2. The van der Waals surface area contributed by atoms with Gasteiger partial charge in [-0.1, -0.05) is 41.9 Å². The molecule has 1 heterocycles. The second-order valence-corrected chi connectivity index (χ2v) is 11.4. The van der Waals surface area contributed by atoms with Crippen LogP contribution in [0, 0.1) is 0 Å². The highest BCUT2D eigenvalue weighted by atomic mass is 35.5. The number of thiazole rings is 1. The van der Waals surface area contributed by atoms with Crippen molar-refractivity contribution in [1.82, 2.24) is 18.9 Å². The van der Waals surface area contributed by atoms with Crippen molar-refractivity contribution in [3.8, 4) is 11.5 Å². The van der Waals surface area contributed by atoms with Gasteiger partial charge in [-0.05, 0) is 30.5 Å². The molecule has 198 valence electrons. The Balaban J connectivity index is 1.81. The van der Waals surface area contributed by atoms with Gasteiger partial charge >= 0.3 is 10.2 Å². The maximum atomic E-state index is 13.5. The molecule has 3 rings (SSSR count). The molecule has 0 spiro atoms. The predicted octanol–water partition coefficient (Wildman–Crippen LogP) is 3.32. The maximum absolute atomic E-state index is 13.5. The molecule has 0 bridgehead atoms. The summed E-state index contributed by atoms with van der Waals surface area (Å²) in [7, 11) is -0.0209. The quantitative estimate of drug-likeness (QED) is 0.364. The third-order valence-corrected chi connectivity index (χ3v) is 7.86. The first-order valence-corrected chi connectivity index (χ1v) is 13.8. The van der Waals surface area contributed by atoms with Crippen LogP contribution in [0.4, 0.5) is 0 Å². The van der Waals surface area contributed by atoms with E-state index in [1.54, 1.807) is 4.90 Å². The first kappa shape index (κ1) is 28.4. The van der Waals surface area contributed by atoms with Gasteiger partial charge in [-0.25, -0.2) is 9.71 Å². The Morgan fingerprint density at radius 3 is 2.54 bits per heavy atom. The smallest absolute Gasteiger partial charge is 0.303 e. The molecule has 0 aliphatic heterocycles. The van der Waals surface area contributed by atoms with Crippen molar-refractivity contribution in [3.05, 3.63) is 74.7 Å².